The van der Waals surface area contributed by atoms with Gasteiger partial charge in [0.15, 0.2) is 0 Å². The van der Waals surface area contributed by atoms with E-state index in [0.29, 0.717) is 24.3 Å². The van der Waals surface area contributed by atoms with Crippen molar-refractivity contribution in [1.29, 1.82) is 0 Å². The number of allylic oxidation sites excluding steroid dienone is 2. The zero-order valence-electron chi connectivity index (χ0n) is 11.2. The number of aliphatic carboxylic acids is 1. The summed E-state index contributed by atoms with van der Waals surface area (Å²) in [7, 11) is 1.52. The molecule has 1 amide bonds. The lowest BCUT2D eigenvalue weighted by molar-refractivity contribution is -0.146. The first kappa shape index (κ1) is 14.1. The van der Waals surface area contributed by atoms with Gasteiger partial charge in [0.2, 0.25) is 5.91 Å². The standard InChI is InChI=1S/C15H17NO4/c1-20-13-9-5-4-8-12(13)16-14(17)10-6-2-3-7-11(10)15(18)19/h2-5,8-11H,6-7H2,1H3,(H,16,17)(H,18,19)/t10-,11-/m1/s1. The minimum Gasteiger partial charge on any atom is -0.495 e. The fourth-order valence-corrected chi connectivity index (χ4v) is 2.35. The highest BCUT2D eigenvalue weighted by molar-refractivity contribution is 5.96. The number of hydrogen-bond acceptors (Lipinski definition) is 3. The van der Waals surface area contributed by atoms with Crippen molar-refractivity contribution in [2.24, 2.45) is 11.8 Å². The molecule has 0 heterocycles. The molecule has 0 unspecified atom stereocenters. The van der Waals surface area contributed by atoms with Crippen molar-refractivity contribution in [3.63, 3.8) is 0 Å². The highest BCUT2D eigenvalue weighted by Crippen LogP contribution is 2.29. The van der Waals surface area contributed by atoms with Crippen LogP contribution in [0.1, 0.15) is 12.8 Å². The molecule has 5 heteroatoms. The second kappa shape index (κ2) is 6.23. The van der Waals surface area contributed by atoms with E-state index in [9.17, 15) is 14.7 Å². The number of para-hydroxylation sites is 2. The number of carbonyl (C=O) groups excluding carboxylic acids is 1. The largest absolute Gasteiger partial charge is 0.495 e. The van der Waals surface area contributed by atoms with Crippen LogP contribution >= 0.6 is 0 Å². The lowest BCUT2D eigenvalue weighted by atomic mass is 9.82. The van der Waals surface area contributed by atoms with E-state index in [1.807, 2.05) is 12.2 Å². The van der Waals surface area contributed by atoms with E-state index < -0.39 is 17.8 Å². The molecular formula is C15H17NO4. The molecule has 1 aliphatic carbocycles. The highest BCUT2D eigenvalue weighted by Gasteiger charge is 2.34. The van der Waals surface area contributed by atoms with Crippen LogP contribution in [0.2, 0.25) is 0 Å². The first-order chi connectivity index (χ1) is 9.63. The summed E-state index contributed by atoms with van der Waals surface area (Å²) in [6.45, 7) is 0. The van der Waals surface area contributed by atoms with Gasteiger partial charge < -0.3 is 15.2 Å². The molecule has 0 saturated heterocycles. The Labute approximate surface area is 117 Å². The third-order valence-corrected chi connectivity index (χ3v) is 3.45. The molecule has 0 aromatic heterocycles. The monoisotopic (exact) mass is 275 g/mol. The normalized spacial score (nSPS) is 21.2. The number of methoxy groups -OCH3 is 1. The van der Waals surface area contributed by atoms with Gasteiger partial charge >= 0.3 is 5.97 Å². The van der Waals surface area contributed by atoms with E-state index in [4.69, 9.17) is 4.74 Å². The summed E-state index contributed by atoms with van der Waals surface area (Å²) in [5, 5.41) is 11.9. The molecule has 0 fully saturated rings. The minimum absolute atomic E-state index is 0.286. The van der Waals surface area contributed by atoms with Gasteiger partial charge in [0.05, 0.1) is 24.6 Å². The Morgan fingerprint density at radius 1 is 1.20 bits per heavy atom. The summed E-state index contributed by atoms with van der Waals surface area (Å²) in [5.41, 5.74) is 0.554. The minimum atomic E-state index is -0.936. The van der Waals surface area contributed by atoms with E-state index in [2.05, 4.69) is 5.32 Å². The van der Waals surface area contributed by atoms with Crippen molar-refractivity contribution in [3.8, 4) is 5.75 Å². The Kier molecular flexibility index (Phi) is 4.40. The maximum atomic E-state index is 12.3. The summed E-state index contributed by atoms with van der Waals surface area (Å²) in [4.78, 5) is 23.5. The molecule has 2 N–H and O–H groups in total. The van der Waals surface area contributed by atoms with Crippen LogP contribution in [0.25, 0.3) is 0 Å². The average molecular weight is 275 g/mol. The summed E-state index contributed by atoms with van der Waals surface area (Å²) in [6.07, 6.45) is 4.49. The molecule has 0 spiro atoms. The van der Waals surface area contributed by atoms with Crippen LogP contribution in [0.15, 0.2) is 36.4 Å². The Morgan fingerprint density at radius 2 is 1.85 bits per heavy atom. The fraction of sp³-hybridized carbons (Fsp3) is 0.333. The highest BCUT2D eigenvalue weighted by atomic mass is 16.5. The Hall–Kier alpha value is -2.30. The summed E-state index contributed by atoms with van der Waals surface area (Å²) < 4.78 is 5.16. The second-order valence-corrected chi connectivity index (χ2v) is 4.68. The smallest absolute Gasteiger partial charge is 0.307 e. The topological polar surface area (TPSA) is 75.6 Å². The number of hydrogen-bond donors (Lipinski definition) is 2. The SMILES string of the molecule is COc1ccccc1NC(=O)[C@@H]1CC=CC[C@H]1C(=O)O. The van der Waals surface area contributed by atoms with Crippen molar-refractivity contribution in [2.75, 3.05) is 12.4 Å². The van der Waals surface area contributed by atoms with Crippen molar-refractivity contribution < 1.29 is 19.4 Å². The number of amides is 1. The van der Waals surface area contributed by atoms with E-state index >= 15 is 0 Å². The third kappa shape index (κ3) is 2.99. The number of nitrogens with one attached hydrogen (secondary N) is 1. The van der Waals surface area contributed by atoms with Crippen molar-refractivity contribution >= 4 is 17.6 Å². The molecule has 106 valence electrons. The number of benzene rings is 1. The van der Waals surface area contributed by atoms with Gasteiger partial charge in [0, 0.05) is 0 Å². The lowest BCUT2D eigenvalue weighted by Gasteiger charge is -2.24. The quantitative estimate of drug-likeness (QED) is 0.827. The molecule has 1 aromatic carbocycles. The first-order valence-corrected chi connectivity index (χ1v) is 6.45. The van der Waals surface area contributed by atoms with Crippen LogP contribution in [0.3, 0.4) is 0 Å². The number of carboxylic acids is 1. The first-order valence-electron chi connectivity index (χ1n) is 6.45. The Bertz CT molecular complexity index is 538. The second-order valence-electron chi connectivity index (χ2n) is 4.68. The van der Waals surface area contributed by atoms with Gasteiger partial charge in [-0.3, -0.25) is 9.59 Å². The number of carboxylic acid groups (broad SMARTS) is 1. The van der Waals surface area contributed by atoms with Crippen molar-refractivity contribution in [3.05, 3.63) is 36.4 Å². The number of carbonyl (C=O) groups is 2. The van der Waals surface area contributed by atoms with Gasteiger partial charge in [-0.05, 0) is 25.0 Å². The summed E-state index contributed by atoms with van der Waals surface area (Å²) >= 11 is 0. The zero-order valence-corrected chi connectivity index (χ0v) is 11.2. The van der Waals surface area contributed by atoms with E-state index in [1.165, 1.54) is 7.11 Å². The molecule has 0 aliphatic heterocycles. The molecule has 2 rings (SSSR count). The Morgan fingerprint density at radius 3 is 2.50 bits per heavy atom. The molecule has 0 bridgehead atoms. The van der Waals surface area contributed by atoms with Crippen LogP contribution in [-0.2, 0) is 9.59 Å². The number of anilines is 1. The fourth-order valence-electron chi connectivity index (χ4n) is 2.35. The van der Waals surface area contributed by atoms with Gasteiger partial charge in [-0.2, -0.15) is 0 Å². The van der Waals surface area contributed by atoms with Crippen LogP contribution in [0.4, 0.5) is 5.69 Å². The van der Waals surface area contributed by atoms with Gasteiger partial charge in [-0.15, -0.1) is 0 Å². The molecule has 1 aromatic rings. The van der Waals surface area contributed by atoms with Crippen molar-refractivity contribution in [2.45, 2.75) is 12.8 Å². The van der Waals surface area contributed by atoms with Crippen LogP contribution < -0.4 is 10.1 Å². The molecule has 2 atom stereocenters. The predicted octanol–water partition coefficient (Wildman–Crippen LogP) is 2.30. The zero-order chi connectivity index (χ0) is 14.5. The van der Waals surface area contributed by atoms with Gasteiger partial charge in [-0.25, -0.2) is 0 Å². The summed E-state index contributed by atoms with van der Waals surface area (Å²) in [6, 6.07) is 7.06. The van der Waals surface area contributed by atoms with E-state index in [1.54, 1.807) is 24.3 Å². The summed E-state index contributed by atoms with van der Waals surface area (Å²) in [5.74, 6) is -1.89. The van der Waals surface area contributed by atoms with E-state index in [-0.39, 0.29) is 5.91 Å². The molecule has 1 aliphatic rings. The molecule has 20 heavy (non-hydrogen) atoms. The van der Waals surface area contributed by atoms with Crippen molar-refractivity contribution in [1.82, 2.24) is 0 Å². The molecule has 0 radical (unpaired) electrons. The maximum absolute atomic E-state index is 12.3. The van der Waals surface area contributed by atoms with Crippen LogP contribution in [-0.4, -0.2) is 24.1 Å². The molecule has 5 nitrogen and oxygen atoms in total. The van der Waals surface area contributed by atoms with Crippen LogP contribution in [0, 0.1) is 11.8 Å². The molecule has 0 saturated carbocycles. The van der Waals surface area contributed by atoms with E-state index in [0.717, 1.165) is 0 Å². The van der Waals surface area contributed by atoms with Gasteiger partial charge in [0.1, 0.15) is 5.75 Å². The third-order valence-electron chi connectivity index (χ3n) is 3.45. The van der Waals surface area contributed by atoms with Gasteiger partial charge in [0.25, 0.3) is 0 Å². The molecular weight excluding hydrogens is 258 g/mol. The predicted molar refractivity (Wildman–Crippen MR) is 74.6 cm³/mol. The average Bonchev–Trinajstić information content (AvgIpc) is 2.47. The Balaban J connectivity index is 2.14. The number of ether oxygens (including phenoxy) is 1. The maximum Gasteiger partial charge on any atom is 0.307 e. The van der Waals surface area contributed by atoms with Crippen LogP contribution in [0.5, 0.6) is 5.75 Å². The lowest BCUT2D eigenvalue weighted by Crippen LogP contribution is -2.34. The number of rotatable bonds is 4. The van der Waals surface area contributed by atoms with Gasteiger partial charge in [-0.1, -0.05) is 24.3 Å².